The van der Waals surface area contributed by atoms with Gasteiger partial charge in [-0.2, -0.15) is 5.06 Å². The molecule has 106 valence electrons. The molecule has 1 aliphatic rings. The van der Waals surface area contributed by atoms with Gasteiger partial charge in [-0.05, 0) is 19.8 Å². The van der Waals surface area contributed by atoms with Gasteiger partial charge in [0.25, 0.3) is 0 Å². The van der Waals surface area contributed by atoms with Crippen molar-refractivity contribution in [2.75, 3.05) is 26.7 Å². The van der Waals surface area contributed by atoms with Gasteiger partial charge in [0.15, 0.2) is 0 Å². The first-order chi connectivity index (χ1) is 9.18. The molecule has 0 aliphatic carbocycles. The Labute approximate surface area is 118 Å². The minimum absolute atomic E-state index is 0.0368. The second kappa shape index (κ2) is 6.98. The van der Waals surface area contributed by atoms with Crippen molar-refractivity contribution < 1.29 is 9.63 Å². The van der Waals surface area contributed by atoms with E-state index in [1.54, 1.807) is 22.4 Å². The molecule has 1 aromatic heterocycles. The van der Waals surface area contributed by atoms with E-state index < -0.39 is 0 Å². The lowest BCUT2D eigenvalue weighted by Gasteiger charge is -2.28. The predicted molar refractivity (Wildman–Crippen MR) is 74.7 cm³/mol. The van der Waals surface area contributed by atoms with Crippen LogP contribution in [0, 0.1) is 0 Å². The van der Waals surface area contributed by atoms with Gasteiger partial charge in [0.05, 0.1) is 12.6 Å². The third-order valence-corrected chi connectivity index (χ3v) is 4.38. The number of carbonyl (C=O) groups excluding carboxylic acids is 1. The Morgan fingerprint density at radius 3 is 3.11 bits per heavy atom. The summed E-state index contributed by atoms with van der Waals surface area (Å²) in [6.07, 6.45) is 4.54. The van der Waals surface area contributed by atoms with E-state index in [0.717, 1.165) is 31.0 Å². The Balaban J connectivity index is 1.78. The highest BCUT2D eigenvalue weighted by molar-refractivity contribution is 7.09. The molecular weight excluding hydrogens is 262 g/mol. The zero-order valence-electron chi connectivity index (χ0n) is 11.5. The SMILES string of the molecule is C[C@@H](c1nccs1)N(C)C(=O)CCN1CCCCO1. The predicted octanol–water partition coefficient (Wildman–Crippen LogP) is 2.08. The van der Waals surface area contributed by atoms with E-state index in [4.69, 9.17) is 4.84 Å². The van der Waals surface area contributed by atoms with Crippen molar-refractivity contribution in [2.24, 2.45) is 0 Å². The lowest BCUT2D eigenvalue weighted by atomic mass is 10.2. The van der Waals surface area contributed by atoms with E-state index in [9.17, 15) is 4.79 Å². The van der Waals surface area contributed by atoms with Crippen LogP contribution in [0.2, 0.25) is 0 Å². The molecule has 2 heterocycles. The topological polar surface area (TPSA) is 45.7 Å². The second-order valence-electron chi connectivity index (χ2n) is 4.77. The van der Waals surface area contributed by atoms with E-state index >= 15 is 0 Å². The zero-order chi connectivity index (χ0) is 13.7. The quantitative estimate of drug-likeness (QED) is 0.830. The Hall–Kier alpha value is -0.980. The van der Waals surface area contributed by atoms with Crippen molar-refractivity contribution in [1.29, 1.82) is 0 Å². The van der Waals surface area contributed by atoms with Crippen LogP contribution >= 0.6 is 11.3 Å². The highest BCUT2D eigenvalue weighted by Gasteiger charge is 2.20. The number of hydroxylamine groups is 2. The number of nitrogens with zero attached hydrogens (tertiary/aromatic N) is 3. The highest BCUT2D eigenvalue weighted by Crippen LogP contribution is 2.21. The summed E-state index contributed by atoms with van der Waals surface area (Å²) in [4.78, 5) is 23.7. The number of thiazole rings is 1. The minimum atomic E-state index is 0.0368. The van der Waals surface area contributed by atoms with E-state index in [-0.39, 0.29) is 11.9 Å². The second-order valence-corrected chi connectivity index (χ2v) is 5.70. The summed E-state index contributed by atoms with van der Waals surface area (Å²) in [5.74, 6) is 0.136. The standard InChI is InChI=1S/C13H21N3O2S/c1-11(13-14-6-10-19-13)15(2)12(17)5-8-16-7-3-4-9-18-16/h6,10-11H,3-5,7-9H2,1-2H3/t11-/m0/s1. The van der Waals surface area contributed by atoms with Gasteiger partial charge in [0.1, 0.15) is 5.01 Å². The van der Waals surface area contributed by atoms with Gasteiger partial charge < -0.3 is 4.90 Å². The van der Waals surface area contributed by atoms with E-state index in [1.807, 2.05) is 24.4 Å². The molecule has 1 amide bonds. The normalized spacial score (nSPS) is 18.2. The van der Waals surface area contributed by atoms with Crippen LogP contribution in [0.5, 0.6) is 0 Å². The first kappa shape index (κ1) is 14.4. The third kappa shape index (κ3) is 3.99. The van der Waals surface area contributed by atoms with E-state index in [0.29, 0.717) is 13.0 Å². The highest BCUT2D eigenvalue weighted by atomic mass is 32.1. The number of carbonyl (C=O) groups is 1. The van der Waals surface area contributed by atoms with Gasteiger partial charge in [0, 0.05) is 38.1 Å². The summed E-state index contributed by atoms with van der Waals surface area (Å²) in [5, 5.41) is 4.82. The number of hydrogen-bond acceptors (Lipinski definition) is 5. The van der Waals surface area contributed by atoms with Crippen molar-refractivity contribution >= 4 is 17.2 Å². The van der Waals surface area contributed by atoms with Crippen LogP contribution in [-0.4, -0.2) is 47.6 Å². The number of amides is 1. The molecule has 2 rings (SSSR count). The lowest BCUT2D eigenvalue weighted by Crippen LogP contribution is -2.36. The molecule has 1 aliphatic heterocycles. The molecule has 6 heteroatoms. The third-order valence-electron chi connectivity index (χ3n) is 3.43. The van der Waals surface area contributed by atoms with Crippen LogP contribution in [0.15, 0.2) is 11.6 Å². The molecule has 0 saturated carbocycles. The average Bonchev–Trinajstić information content (AvgIpc) is 2.98. The van der Waals surface area contributed by atoms with Crippen molar-refractivity contribution in [3.8, 4) is 0 Å². The summed E-state index contributed by atoms with van der Waals surface area (Å²) in [5.41, 5.74) is 0. The molecular formula is C13H21N3O2S. The van der Waals surface area contributed by atoms with Crippen LogP contribution in [0.3, 0.4) is 0 Å². The van der Waals surface area contributed by atoms with E-state index in [2.05, 4.69) is 4.98 Å². The molecule has 1 fully saturated rings. The van der Waals surface area contributed by atoms with Crippen molar-refractivity contribution in [1.82, 2.24) is 14.9 Å². The fourth-order valence-corrected chi connectivity index (χ4v) is 2.78. The molecule has 1 atom stereocenters. The van der Waals surface area contributed by atoms with Gasteiger partial charge in [-0.3, -0.25) is 9.63 Å². The lowest BCUT2D eigenvalue weighted by molar-refractivity contribution is -0.182. The summed E-state index contributed by atoms with van der Waals surface area (Å²) in [6.45, 7) is 4.39. The molecule has 0 bridgehead atoms. The van der Waals surface area contributed by atoms with Crippen LogP contribution in [0.25, 0.3) is 0 Å². The number of hydrogen-bond donors (Lipinski definition) is 0. The smallest absolute Gasteiger partial charge is 0.224 e. The summed E-state index contributed by atoms with van der Waals surface area (Å²) < 4.78 is 0. The Morgan fingerprint density at radius 2 is 2.47 bits per heavy atom. The largest absolute Gasteiger partial charge is 0.337 e. The molecule has 5 nitrogen and oxygen atoms in total. The summed E-state index contributed by atoms with van der Waals surface area (Å²) in [7, 11) is 1.84. The Bertz CT molecular complexity index is 391. The van der Waals surface area contributed by atoms with Gasteiger partial charge >= 0.3 is 0 Å². The van der Waals surface area contributed by atoms with Crippen molar-refractivity contribution in [3.63, 3.8) is 0 Å². The molecule has 19 heavy (non-hydrogen) atoms. The molecule has 0 unspecified atom stereocenters. The molecule has 1 aromatic rings. The summed E-state index contributed by atoms with van der Waals surface area (Å²) >= 11 is 1.58. The fourth-order valence-electron chi connectivity index (χ4n) is 2.04. The first-order valence-corrected chi connectivity index (χ1v) is 7.59. The van der Waals surface area contributed by atoms with Gasteiger partial charge in [-0.15, -0.1) is 11.3 Å². The molecule has 0 N–H and O–H groups in total. The van der Waals surface area contributed by atoms with Gasteiger partial charge in [0.2, 0.25) is 5.91 Å². The molecule has 0 aromatic carbocycles. The van der Waals surface area contributed by atoms with E-state index in [1.165, 1.54) is 0 Å². The van der Waals surface area contributed by atoms with Crippen LogP contribution in [-0.2, 0) is 9.63 Å². The first-order valence-electron chi connectivity index (χ1n) is 6.71. The van der Waals surface area contributed by atoms with Crippen molar-refractivity contribution in [2.45, 2.75) is 32.2 Å². The van der Waals surface area contributed by atoms with Crippen LogP contribution < -0.4 is 0 Å². The van der Waals surface area contributed by atoms with Gasteiger partial charge in [-0.25, -0.2) is 4.98 Å². The van der Waals surface area contributed by atoms with Crippen LogP contribution in [0.1, 0.15) is 37.2 Å². The Morgan fingerprint density at radius 1 is 1.63 bits per heavy atom. The molecule has 0 radical (unpaired) electrons. The summed E-state index contributed by atoms with van der Waals surface area (Å²) in [6, 6.07) is 0.0368. The maximum atomic E-state index is 12.1. The minimum Gasteiger partial charge on any atom is -0.337 e. The maximum absolute atomic E-state index is 12.1. The average molecular weight is 283 g/mol. The van der Waals surface area contributed by atoms with Crippen molar-refractivity contribution in [3.05, 3.63) is 16.6 Å². The molecule has 1 saturated heterocycles. The Kier molecular flexibility index (Phi) is 5.30. The maximum Gasteiger partial charge on any atom is 0.224 e. The van der Waals surface area contributed by atoms with Gasteiger partial charge in [-0.1, -0.05) is 0 Å². The zero-order valence-corrected chi connectivity index (χ0v) is 12.4. The fraction of sp³-hybridized carbons (Fsp3) is 0.692. The van der Waals surface area contributed by atoms with Crippen LogP contribution in [0.4, 0.5) is 0 Å². The molecule has 0 spiro atoms. The number of aromatic nitrogens is 1. The number of rotatable bonds is 5. The monoisotopic (exact) mass is 283 g/mol.